The SMILES string of the molecule is CN(C(=O)CSc1nnc(-c2ccc(F)cc2)n1CC1CCCO1)C1CCCc2ccccc21. The molecular formula is C26H29FN4O2S. The molecule has 1 amide bonds. The summed E-state index contributed by atoms with van der Waals surface area (Å²) in [6.07, 6.45) is 5.24. The molecule has 2 heterocycles. The van der Waals surface area contributed by atoms with Gasteiger partial charge in [0.1, 0.15) is 5.82 Å². The molecule has 1 aromatic heterocycles. The molecule has 34 heavy (non-hydrogen) atoms. The van der Waals surface area contributed by atoms with Crippen molar-refractivity contribution >= 4 is 17.7 Å². The number of aromatic nitrogens is 3. The number of ether oxygens (including phenoxy) is 1. The number of carbonyl (C=O) groups is 1. The van der Waals surface area contributed by atoms with Crippen LogP contribution in [0.2, 0.25) is 0 Å². The lowest BCUT2D eigenvalue weighted by Crippen LogP contribution is -2.34. The second kappa shape index (κ2) is 10.3. The van der Waals surface area contributed by atoms with Crippen LogP contribution in [-0.2, 0) is 22.5 Å². The summed E-state index contributed by atoms with van der Waals surface area (Å²) in [5.41, 5.74) is 3.39. The smallest absolute Gasteiger partial charge is 0.233 e. The van der Waals surface area contributed by atoms with Crippen molar-refractivity contribution in [3.63, 3.8) is 0 Å². The van der Waals surface area contributed by atoms with Crippen LogP contribution in [0.25, 0.3) is 11.4 Å². The van der Waals surface area contributed by atoms with Crippen LogP contribution in [0, 0.1) is 5.82 Å². The Morgan fingerprint density at radius 2 is 1.97 bits per heavy atom. The van der Waals surface area contributed by atoms with Gasteiger partial charge in [-0.15, -0.1) is 10.2 Å². The first-order valence-electron chi connectivity index (χ1n) is 11.9. The zero-order valence-electron chi connectivity index (χ0n) is 19.3. The molecule has 2 atom stereocenters. The first-order chi connectivity index (χ1) is 16.6. The van der Waals surface area contributed by atoms with Crippen LogP contribution in [0.1, 0.15) is 42.9 Å². The minimum absolute atomic E-state index is 0.0710. The van der Waals surface area contributed by atoms with Crippen LogP contribution in [0.15, 0.2) is 53.7 Å². The number of halogens is 1. The number of nitrogens with zero attached hydrogens (tertiary/aromatic N) is 4. The lowest BCUT2D eigenvalue weighted by atomic mass is 9.87. The van der Waals surface area contributed by atoms with E-state index in [4.69, 9.17) is 4.74 Å². The largest absolute Gasteiger partial charge is 0.376 e. The fourth-order valence-corrected chi connectivity index (χ4v) is 5.77. The van der Waals surface area contributed by atoms with E-state index in [9.17, 15) is 9.18 Å². The molecule has 2 aromatic carbocycles. The van der Waals surface area contributed by atoms with E-state index < -0.39 is 0 Å². The van der Waals surface area contributed by atoms with Crippen molar-refractivity contribution in [2.24, 2.45) is 0 Å². The second-order valence-corrected chi connectivity index (χ2v) is 9.90. The maximum atomic E-state index is 13.5. The number of rotatable bonds is 7. The predicted molar refractivity (Wildman–Crippen MR) is 130 cm³/mol. The molecule has 0 saturated carbocycles. The third kappa shape index (κ3) is 4.88. The summed E-state index contributed by atoms with van der Waals surface area (Å²) in [7, 11) is 1.90. The Hall–Kier alpha value is -2.71. The highest BCUT2D eigenvalue weighted by molar-refractivity contribution is 7.99. The van der Waals surface area contributed by atoms with Gasteiger partial charge in [0.2, 0.25) is 5.91 Å². The molecule has 0 radical (unpaired) electrons. The Balaban J connectivity index is 1.33. The Morgan fingerprint density at radius 3 is 2.76 bits per heavy atom. The Morgan fingerprint density at radius 1 is 1.15 bits per heavy atom. The molecule has 0 N–H and O–H groups in total. The lowest BCUT2D eigenvalue weighted by molar-refractivity contribution is -0.129. The van der Waals surface area contributed by atoms with Crippen molar-refractivity contribution in [1.29, 1.82) is 0 Å². The van der Waals surface area contributed by atoms with E-state index in [1.807, 2.05) is 16.5 Å². The Labute approximate surface area is 203 Å². The lowest BCUT2D eigenvalue weighted by Gasteiger charge is -2.33. The van der Waals surface area contributed by atoms with Crippen LogP contribution in [0.4, 0.5) is 4.39 Å². The van der Waals surface area contributed by atoms with E-state index in [1.54, 1.807) is 12.1 Å². The molecule has 6 nitrogen and oxygen atoms in total. The number of carbonyl (C=O) groups excluding carboxylic acids is 1. The molecular weight excluding hydrogens is 451 g/mol. The predicted octanol–water partition coefficient (Wildman–Crippen LogP) is 4.89. The molecule has 1 aliphatic heterocycles. The maximum Gasteiger partial charge on any atom is 0.233 e. The number of hydrogen-bond donors (Lipinski definition) is 0. The van der Waals surface area contributed by atoms with E-state index in [2.05, 4.69) is 34.5 Å². The quantitative estimate of drug-likeness (QED) is 0.451. The second-order valence-electron chi connectivity index (χ2n) is 8.96. The van der Waals surface area contributed by atoms with E-state index in [0.717, 1.165) is 44.3 Å². The van der Waals surface area contributed by atoms with Gasteiger partial charge in [-0.1, -0.05) is 36.0 Å². The standard InChI is InChI=1S/C26H29FN4O2S/c1-30(23-10-4-7-18-6-2-3-9-22(18)23)24(32)17-34-26-29-28-25(19-11-13-20(27)14-12-19)31(26)16-21-8-5-15-33-21/h2-3,6,9,11-14,21,23H,4-5,7-8,10,15-17H2,1H3. The first-order valence-corrected chi connectivity index (χ1v) is 12.9. The fraction of sp³-hybridized carbons (Fsp3) is 0.423. The van der Waals surface area contributed by atoms with Gasteiger partial charge < -0.3 is 9.64 Å². The van der Waals surface area contributed by atoms with Gasteiger partial charge in [-0.3, -0.25) is 9.36 Å². The maximum absolute atomic E-state index is 13.5. The van der Waals surface area contributed by atoms with Gasteiger partial charge in [0.25, 0.3) is 0 Å². The van der Waals surface area contributed by atoms with Crippen molar-refractivity contribution in [1.82, 2.24) is 19.7 Å². The molecule has 1 fully saturated rings. The van der Waals surface area contributed by atoms with Crippen molar-refractivity contribution < 1.29 is 13.9 Å². The van der Waals surface area contributed by atoms with Gasteiger partial charge in [0.15, 0.2) is 11.0 Å². The molecule has 178 valence electrons. The Bertz CT molecular complexity index is 1140. The van der Waals surface area contributed by atoms with Gasteiger partial charge in [-0.05, 0) is 67.5 Å². The van der Waals surface area contributed by atoms with Gasteiger partial charge in [-0.2, -0.15) is 0 Å². The van der Waals surface area contributed by atoms with Crippen LogP contribution in [0.3, 0.4) is 0 Å². The fourth-order valence-electron chi connectivity index (χ4n) is 4.90. The molecule has 2 unspecified atom stereocenters. The summed E-state index contributed by atoms with van der Waals surface area (Å²) in [5, 5.41) is 9.46. The summed E-state index contributed by atoms with van der Waals surface area (Å²) in [5.74, 6) is 0.727. The van der Waals surface area contributed by atoms with Gasteiger partial charge in [0.05, 0.1) is 24.4 Å². The van der Waals surface area contributed by atoms with E-state index >= 15 is 0 Å². The molecule has 0 bridgehead atoms. The third-order valence-corrected chi connectivity index (χ3v) is 7.70. The highest BCUT2D eigenvalue weighted by Crippen LogP contribution is 2.34. The highest BCUT2D eigenvalue weighted by atomic mass is 32.2. The molecule has 5 rings (SSSR count). The average Bonchev–Trinajstić information content (AvgIpc) is 3.53. The first kappa shape index (κ1) is 23.1. The van der Waals surface area contributed by atoms with Crippen molar-refractivity contribution in [3.05, 3.63) is 65.5 Å². The van der Waals surface area contributed by atoms with Crippen LogP contribution in [0.5, 0.6) is 0 Å². The van der Waals surface area contributed by atoms with Crippen LogP contribution in [-0.4, -0.2) is 51.1 Å². The number of aryl methyl sites for hydroxylation is 1. The van der Waals surface area contributed by atoms with Gasteiger partial charge >= 0.3 is 0 Å². The Kier molecular flexibility index (Phi) is 6.97. The number of thioether (sulfide) groups is 1. The van der Waals surface area contributed by atoms with Crippen LogP contribution >= 0.6 is 11.8 Å². The molecule has 2 aliphatic rings. The van der Waals surface area contributed by atoms with Crippen molar-refractivity contribution in [2.45, 2.75) is 56.0 Å². The number of fused-ring (bicyclic) bond motifs is 1. The molecule has 8 heteroatoms. The molecule has 3 aromatic rings. The third-order valence-electron chi connectivity index (χ3n) is 6.75. The zero-order valence-corrected chi connectivity index (χ0v) is 20.1. The number of benzene rings is 2. The normalized spacial score (nSPS) is 19.7. The molecule has 1 aliphatic carbocycles. The van der Waals surface area contributed by atoms with E-state index in [0.29, 0.717) is 17.5 Å². The zero-order chi connectivity index (χ0) is 23.5. The summed E-state index contributed by atoms with van der Waals surface area (Å²) in [4.78, 5) is 15.1. The average molecular weight is 481 g/mol. The minimum Gasteiger partial charge on any atom is -0.376 e. The van der Waals surface area contributed by atoms with Crippen molar-refractivity contribution in [2.75, 3.05) is 19.4 Å². The summed E-state index contributed by atoms with van der Waals surface area (Å²) < 4.78 is 21.3. The van der Waals surface area contributed by atoms with Gasteiger partial charge in [0, 0.05) is 19.2 Å². The highest BCUT2D eigenvalue weighted by Gasteiger charge is 2.27. The summed E-state index contributed by atoms with van der Waals surface area (Å²) in [6.45, 7) is 1.37. The number of amides is 1. The molecule has 1 saturated heterocycles. The topological polar surface area (TPSA) is 60.2 Å². The van der Waals surface area contributed by atoms with Crippen molar-refractivity contribution in [3.8, 4) is 11.4 Å². The van der Waals surface area contributed by atoms with E-state index in [1.165, 1.54) is 35.0 Å². The monoisotopic (exact) mass is 480 g/mol. The summed E-state index contributed by atoms with van der Waals surface area (Å²) >= 11 is 1.40. The number of hydrogen-bond acceptors (Lipinski definition) is 5. The van der Waals surface area contributed by atoms with Crippen LogP contribution < -0.4 is 0 Å². The van der Waals surface area contributed by atoms with E-state index in [-0.39, 0.29) is 29.6 Å². The summed E-state index contributed by atoms with van der Waals surface area (Å²) in [6, 6.07) is 14.8. The minimum atomic E-state index is -0.290. The van der Waals surface area contributed by atoms with Gasteiger partial charge in [-0.25, -0.2) is 4.39 Å². The molecule has 0 spiro atoms.